The number of nitrogens with zero attached hydrogens (tertiary/aromatic N) is 2. The Morgan fingerprint density at radius 1 is 0.875 bits per heavy atom. The maximum Gasteiger partial charge on any atom is 0 e. The summed E-state index contributed by atoms with van der Waals surface area (Å²) in [7, 11) is 0. The van der Waals surface area contributed by atoms with Gasteiger partial charge in [-0.3, -0.25) is 0 Å². The van der Waals surface area contributed by atoms with Crippen molar-refractivity contribution in [2.45, 2.75) is 0 Å². The van der Waals surface area contributed by atoms with Gasteiger partial charge in [0.1, 0.15) is 0 Å². The largest absolute Gasteiger partial charge is 0.365 e. The molecule has 8 heavy (non-hydrogen) atoms. The molecule has 36 valence electrons. The van der Waals surface area contributed by atoms with Crippen LogP contribution < -0.4 is 0 Å². The summed E-state index contributed by atoms with van der Waals surface area (Å²) in [4.78, 5) is 0. The average Bonchev–Trinajstić information content (AvgIpc) is 1.72. The second-order valence-electron chi connectivity index (χ2n) is 0.792. The Kier molecular flexibility index (Phi) is 12.4. The average molecular weight is 256 g/mol. The van der Waals surface area contributed by atoms with Crippen LogP contribution >= 0.6 is 0 Å². The van der Waals surface area contributed by atoms with Crippen molar-refractivity contribution in [1.29, 1.82) is 0 Å². The van der Waals surface area contributed by atoms with Gasteiger partial charge in [-0.1, -0.05) is 0 Å². The van der Waals surface area contributed by atoms with E-state index >= 15 is 0 Å². The molecule has 1 heterocycles. The molecule has 4 heteroatoms. The van der Waals surface area contributed by atoms with Gasteiger partial charge in [0, 0.05) is 65.4 Å². The molecule has 0 saturated heterocycles. The number of hydrogen-bond donors (Lipinski definition) is 0. The topological polar surface area (TPSA) is 25.8 Å². The van der Waals surface area contributed by atoms with Crippen LogP contribution in [-0.4, -0.2) is 10.2 Å². The molecule has 1 aromatic heterocycles. The molecule has 2 radical (unpaired) electrons. The van der Waals surface area contributed by atoms with Crippen molar-refractivity contribution in [2.75, 3.05) is 0 Å². The molecule has 0 spiro atoms. The van der Waals surface area contributed by atoms with Crippen molar-refractivity contribution in [3.05, 3.63) is 24.5 Å². The molecule has 1 aromatic rings. The Labute approximate surface area is 98.6 Å². The molecule has 0 aliphatic heterocycles. The van der Waals surface area contributed by atoms with Gasteiger partial charge in [0.25, 0.3) is 0 Å². The molecular weight excluding hydrogens is 254 g/mol. The fourth-order valence-corrected chi connectivity index (χ4v) is 0.199. The van der Waals surface area contributed by atoms with E-state index in [0.717, 1.165) is 0 Å². The maximum absolute atomic E-state index is 3.35. The molecule has 0 unspecified atom stereocenters. The van der Waals surface area contributed by atoms with Gasteiger partial charge in [-0.05, 0) is 0 Å². The first-order chi connectivity index (χ1) is 3.00. The van der Waals surface area contributed by atoms with Crippen molar-refractivity contribution in [2.24, 2.45) is 0 Å². The van der Waals surface area contributed by atoms with Crippen LogP contribution in [0, 0.1) is 12.4 Å². The first-order valence-corrected chi connectivity index (χ1v) is 1.56. The molecule has 0 atom stereocenters. The Morgan fingerprint density at radius 3 is 1.38 bits per heavy atom. The van der Waals surface area contributed by atoms with E-state index in [-0.39, 0.29) is 65.4 Å². The van der Waals surface area contributed by atoms with E-state index in [4.69, 9.17) is 0 Å². The van der Waals surface area contributed by atoms with E-state index in [9.17, 15) is 0 Å². The van der Waals surface area contributed by atoms with E-state index in [2.05, 4.69) is 22.6 Å². The molecule has 1 rings (SSSR count). The first kappa shape index (κ1) is 12.0. The van der Waals surface area contributed by atoms with Crippen molar-refractivity contribution >= 4 is 0 Å². The van der Waals surface area contributed by atoms with E-state index in [1.807, 2.05) is 0 Å². The molecular formula is C4H2N2Y2-2. The van der Waals surface area contributed by atoms with E-state index in [1.165, 1.54) is 0 Å². The van der Waals surface area contributed by atoms with Gasteiger partial charge in [-0.25, -0.2) is 12.4 Å². The maximum atomic E-state index is 3.35. The number of hydrogen-bond acceptors (Lipinski definition) is 2. The zero-order chi connectivity index (χ0) is 4.24. The van der Waals surface area contributed by atoms with Crippen molar-refractivity contribution in [1.82, 2.24) is 10.2 Å². The monoisotopic (exact) mass is 256 g/mol. The fourth-order valence-electron chi connectivity index (χ4n) is 0.199. The van der Waals surface area contributed by atoms with Crippen LogP contribution in [0.2, 0.25) is 0 Å². The predicted molar refractivity (Wildman–Crippen MR) is 19.7 cm³/mol. The van der Waals surface area contributed by atoms with Gasteiger partial charge in [-0.2, -0.15) is 0 Å². The number of aromatic nitrogens is 2. The van der Waals surface area contributed by atoms with Gasteiger partial charge in [-0.15, -0.1) is 0 Å². The standard InChI is InChI=1S/C4H2N2.2Y/c1-2-4-6-5-3-1;;/h1-2H;;/q-2;;. The second kappa shape index (κ2) is 8.29. The smallest absolute Gasteiger partial charge is 0 e. The van der Waals surface area contributed by atoms with Crippen LogP contribution in [0.1, 0.15) is 0 Å². The van der Waals surface area contributed by atoms with Crippen LogP contribution in [0.25, 0.3) is 0 Å². The normalized spacial score (nSPS) is 6.00. The van der Waals surface area contributed by atoms with E-state index < -0.39 is 0 Å². The summed E-state index contributed by atoms with van der Waals surface area (Å²) in [5, 5.41) is 6.71. The summed E-state index contributed by atoms with van der Waals surface area (Å²) < 4.78 is 0. The molecule has 0 bridgehead atoms. The third-order valence-corrected chi connectivity index (χ3v) is 0.398. The fraction of sp³-hybridized carbons (Fsp3) is 0. The summed E-state index contributed by atoms with van der Waals surface area (Å²) in [6, 6.07) is 3.29. The zero-order valence-corrected chi connectivity index (χ0v) is 9.88. The third-order valence-electron chi connectivity index (χ3n) is 0.398. The predicted octanol–water partition coefficient (Wildman–Crippen LogP) is 0.0720. The van der Waals surface area contributed by atoms with E-state index in [1.54, 1.807) is 12.1 Å². The third kappa shape index (κ3) is 5.43. The Balaban J connectivity index is 0. The summed E-state index contributed by atoms with van der Waals surface area (Å²) in [5.41, 5.74) is 0. The van der Waals surface area contributed by atoms with Gasteiger partial charge < -0.3 is 22.3 Å². The summed E-state index contributed by atoms with van der Waals surface area (Å²) in [5.74, 6) is 0. The quantitative estimate of drug-likeness (QED) is 0.614. The molecule has 0 saturated carbocycles. The van der Waals surface area contributed by atoms with Crippen molar-refractivity contribution in [3.8, 4) is 0 Å². The molecule has 0 aliphatic carbocycles. The van der Waals surface area contributed by atoms with Crippen LogP contribution in [0.3, 0.4) is 0 Å². The summed E-state index contributed by atoms with van der Waals surface area (Å²) in [6.45, 7) is 0. The molecule has 0 fully saturated rings. The minimum absolute atomic E-state index is 0. The van der Waals surface area contributed by atoms with Crippen LogP contribution in [0.5, 0.6) is 0 Å². The molecule has 0 aromatic carbocycles. The number of rotatable bonds is 0. The summed E-state index contributed by atoms with van der Waals surface area (Å²) >= 11 is 0. The van der Waals surface area contributed by atoms with Crippen LogP contribution in [-0.2, 0) is 65.4 Å². The van der Waals surface area contributed by atoms with Crippen molar-refractivity contribution in [3.63, 3.8) is 0 Å². The minimum atomic E-state index is 0. The zero-order valence-electron chi connectivity index (χ0n) is 4.20. The van der Waals surface area contributed by atoms with Gasteiger partial charge in [0.05, 0.1) is 0 Å². The summed E-state index contributed by atoms with van der Waals surface area (Å²) in [6.07, 6.45) is 5.00. The Hall–Kier alpha value is 1.29. The van der Waals surface area contributed by atoms with E-state index in [0.29, 0.717) is 0 Å². The van der Waals surface area contributed by atoms with Gasteiger partial charge in [0.15, 0.2) is 0 Å². The van der Waals surface area contributed by atoms with Crippen molar-refractivity contribution < 1.29 is 65.4 Å². The molecule has 0 amide bonds. The SMILES string of the molecule is [Y].[Y].[c-]1cc[c-]nn1. The van der Waals surface area contributed by atoms with Crippen LogP contribution in [0.4, 0.5) is 0 Å². The minimum Gasteiger partial charge on any atom is -0.365 e. The molecule has 2 nitrogen and oxygen atoms in total. The van der Waals surface area contributed by atoms with Gasteiger partial charge >= 0.3 is 0 Å². The molecule has 0 aliphatic rings. The molecule has 0 N–H and O–H groups in total. The first-order valence-electron chi connectivity index (χ1n) is 1.56. The second-order valence-corrected chi connectivity index (χ2v) is 0.792. The van der Waals surface area contributed by atoms with Gasteiger partial charge in [0.2, 0.25) is 0 Å². The van der Waals surface area contributed by atoms with Crippen LogP contribution in [0.15, 0.2) is 12.1 Å². The Bertz CT molecular complexity index is 84.0. The Morgan fingerprint density at radius 2 is 1.25 bits per heavy atom.